The van der Waals surface area contributed by atoms with Crippen LogP contribution in [-0.2, 0) is 4.79 Å². The summed E-state index contributed by atoms with van der Waals surface area (Å²) in [4.78, 5) is 15.8. The van der Waals surface area contributed by atoms with Crippen molar-refractivity contribution in [3.63, 3.8) is 0 Å². The van der Waals surface area contributed by atoms with Crippen molar-refractivity contribution in [1.29, 1.82) is 0 Å². The number of amides is 1. The molecule has 2 N–H and O–H groups in total. The number of piperazine rings is 1. The van der Waals surface area contributed by atoms with Crippen LogP contribution in [-0.4, -0.2) is 43.0 Å². The molecular formula is C14H20ClN3O. The second-order valence-electron chi connectivity index (χ2n) is 4.83. The first-order valence-corrected chi connectivity index (χ1v) is 7.03. The number of halogens is 1. The van der Waals surface area contributed by atoms with Crippen molar-refractivity contribution >= 4 is 23.2 Å². The molecule has 0 aliphatic carbocycles. The van der Waals surface area contributed by atoms with Crippen molar-refractivity contribution < 1.29 is 4.79 Å². The standard InChI is InChI=1S/C14H20ClN3O/c1-2-13(14(16)19)18-8-6-17(7-9-18)12-5-3-4-11(15)10-12/h3-5,10,13H,2,6-9H2,1H3,(H2,16,19)/t13-/m1/s1. The Hall–Kier alpha value is -1.26. The van der Waals surface area contributed by atoms with E-state index in [9.17, 15) is 4.79 Å². The van der Waals surface area contributed by atoms with Crippen LogP contribution in [0.2, 0.25) is 5.02 Å². The molecule has 1 aromatic carbocycles. The maximum absolute atomic E-state index is 11.4. The Balaban J connectivity index is 1.97. The van der Waals surface area contributed by atoms with Crippen molar-refractivity contribution in [2.24, 2.45) is 5.73 Å². The van der Waals surface area contributed by atoms with Crippen molar-refractivity contribution in [1.82, 2.24) is 4.90 Å². The SMILES string of the molecule is CC[C@H](C(N)=O)N1CCN(c2cccc(Cl)c2)CC1. The van der Waals surface area contributed by atoms with E-state index in [1.807, 2.05) is 25.1 Å². The van der Waals surface area contributed by atoms with Gasteiger partial charge >= 0.3 is 0 Å². The van der Waals surface area contributed by atoms with Crippen molar-refractivity contribution in [2.75, 3.05) is 31.1 Å². The number of carbonyl (C=O) groups is 1. The fourth-order valence-corrected chi connectivity index (χ4v) is 2.79. The van der Waals surface area contributed by atoms with Crippen LogP contribution in [0.1, 0.15) is 13.3 Å². The third kappa shape index (κ3) is 3.39. The number of primary amides is 1. The summed E-state index contributed by atoms with van der Waals surface area (Å²) in [6.45, 7) is 5.49. The van der Waals surface area contributed by atoms with Gasteiger partial charge in [-0.05, 0) is 24.6 Å². The molecule has 1 fully saturated rings. The molecule has 2 rings (SSSR count). The molecule has 1 atom stereocenters. The zero-order valence-corrected chi connectivity index (χ0v) is 11.9. The van der Waals surface area contributed by atoms with Gasteiger partial charge in [-0.3, -0.25) is 9.69 Å². The second kappa shape index (κ2) is 6.26. The molecule has 0 bridgehead atoms. The summed E-state index contributed by atoms with van der Waals surface area (Å²) in [5, 5.41) is 0.753. The Labute approximate surface area is 119 Å². The zero-order valence-electron chi connectivity index (χ0n) is 11.2. The molecule has 1 aliphatic rings. The Morgan fingerprint density at radius 2 is 2.05 bits per heavy atom. The molecule has 0 radical (unpaired) electrons. The molecule has 0 spiro atoms. The summed E-state index contributed by atoms with van der Waals surface area (Å²) in [6.07, 6.45) is 0.770. The highest BCUT2D eigenvalue weighted by Gasteiger charge is 2.26. The molecular weight excluding hydrogens is 262 g/mol. The average molecular weight is 282 g/mol. The molecule has 1 amide bonds. The lowest BCUT2D eigenvalue weighted by molar-refractivity contribution is -0.123. The van der Waals surface area contributed by atoms with Crippen molar-refractivity contribution in [2.45, 2.75) is 19.4 Å². The first-order chi connectivity index (χ1) is 9.11. The van der Waals surface area contributed by atoms with E-state index in [0.29, 0.717) is 0 Å². The summed E-state index contributed by atoms with van der Waals surface area (Å²) in [6, 6.07) is 7.74. The number of nitrogens with two attached hydrogens (primary N) is 1. The Kier molecular flexibility index (Phi) is 4.66. The molecule has 1 aliphatic heterocycles. The van der Waals surface area contributed by atoms with Crippen LogP contribution in [0.3, 0.4) is 0 Å². The fraction of sp³-hybridized carbons (Fsp3) is 0.500. The fourth-order valence-electron chi connectivity index (χ4n) is 2.60. The number of hydrogen-bond acceptors (Lipinski definition) is 3. The molecule has 1 heterocycles. The molecule has 5 heteroatoms. The third-order valence-electron chi connectivity index (χ3n) is 3.64. The third-order valence-corrected chi connectivity index (χ3v) is 3.88. The van der Waals surface area contributed by atoms with Crippen LogP contribution >= 0.6 is 11.6 Å². The molecule has 19 heavy (non-hydrogen) atoms. The Morgan fingerprint density at radius 1 is 1.37 bits per heavy atom. The molecule has 4 nitrogen and oxygen atoms in total. The van der Waals surface area contributed by atoms with Gasteiger partial charge < -0.3 is 10.6 Å². The minimum atomic E-state index is -0.223. The number of carbonyl (C=O) groups excluding carboxylic acids is 1. The molecule has 0 unspecified atom stereocenters. The van der Waals surface area contributed by atoms with Gasteiger partial charge in [0.25, 0.3) is 0 Å². The highest BCUT2D eigenvalue weighted by molar-refractivity contribution is 6.30. The van der Waals surface area contributed by atoms with Gasteiger partial charge in [-0.15, -0.1) is 0 Å². The molecule has 104 valence electrons. The maximum atomic E-state index is 11.4. The van der Waals surface area contributed by atoms with E-state index in [-0.39, 0.29) is 11.9 Å². The lowest BCUT2D eigenvalue weighted by Gasteiger charge is -2.39. The molecule has 1 aromatic rings. The van der Waals surface area contributed by atoms with E-state index in [4.69, 9.17) is 17.3 Å². The first kappa shape index (κ1) is 14.2. The van der Waals surface area contributed by atoms with E-state index in [2.05, 4.69) is 15.9 Å². The number of hydrogen-bond donors (Lipinski definition) is 1. The van der Waals surface area contributed by atoms with E-state index < -0.39 is 0 Å². The van der Waals surface area contributed by atoms with Gasteiger partial charge in [-0.1, -0.05) is 24.6 Å². The lowest BCUT2D eigenvalue weighted by Crippen LogP contribution is -2.54. The minimum Gasteiger partial charge on any atom is -0.369 e. The van der Waals surface area contributed by atoms with Crippen molar-refractivity contribution in [3.8, 4) is 0 Å². The van der Waals surface area contributed by atoms with Crippen LogP contribution in [0.4, 0.5) is 5.69 Å². The average Bonchev–Trinajstić information content (AvgIpc) is 2.40. The predicted molar refractivity (Wildman–Crippen MR) is 78.5 cm³/mol. The molecule has 0 aromatic heterocycles. The highest BCUT2D eigenvalue weighted by Crippen LogP contribution is 2.21. The van der Waals surface area contributed by atoms with E-state index in [1.165, 1.54) is 0 Å². The van der Waals surface area contributed by atoms with Gasteiger partial charge in [0.15, 0.2) is 0 Å². The van der Waals surface area contributed by atoms with Gasteiger partial charge in [0, 0.05) is 36.9 Å². The van der Waals surface area contributed by atoms with Crippen LogP contribution in [0.15, 0.2) is 24.3 Å². The predicted octanol–water partition coefficient (Wildman–Crippen LogP) is 1.73. The maximum Gasteiger partial charge on any atom is 0.234 e. The van der Waals surface area contributed by atoms with Gasteiger partial charge in [0.2, 0.25) is 5.91 Å². The van der Waals surface area contributed by atoms with Gasteiger partial charge in [0.1, 0.15) is 0 Å². The normalized spacial score (nSPS) is 18.3. The summed E-state index contributed by atoms with van der Waals surface area (Å²) in [5.74, 6) is -0.223. The number of benzene rings is 1. The van der Waals surface area contributed by atoms with E-state index in [0.717, 1.165) is 43.3 Å². The number of anilines is 1. The van der Waals surface area contributed by atoms with Gasteiger partial charge in [-0.25, -0.2) is 0 Å². The summed E-state index contributed by atoms with van der Waals surface area (Å²) in [7, 11) is 0. The largest absolute Gasteiger partial charge is 0.369 e. The van der Waals surface area contributed by atoms with Crippen molar-refractivity contribution in [3.05, 3.63) is 29.3 Å². The van der Waals surface area contributed by atoms with Crippen LogP contribution < -0.4 is 10.6 Å². The van der Waals surface area contributed by atoms with Gasteiger partial charge in [0.05, 0.1) is 6.04 Å². The monoisotopic (exact) mass is 281 g/mol. The minimum absolute atomic E-state index is 0.137. The lowest BCUT2D eigenvalue weighted by atomic mass is 10.1. The molecule has 1 saturated heterocycles. The van der Waals surface area contributed by atoms with Crippen LogP contribution in [0, 0.1) is 0 Å². The Morgan fingerprint density at radius 3 is 2.58 bits per heavy atom. The van der Waals surface area contributed by atoms with E-state index >= 15 is 0 Å². The summed E-state index contributed by atoms with van der Waals surface area (Å²) < 4.78 is 0. The van der Waals surface area contributed by atoms with E-state index in [1.54, 1.807) is 0 Å². The topological polar surface area (TPSA) is 49.6 Å². The summed E-state index contributed by atoms with van der Waals surface area (Å²) >= 11 is 6.01. The number of nitrogens with zero attached hydrogens (tertiary/aromatic N) is 2. The number of rotatable bonds is 4. The summed E-state index contributed by atoms with van der Waals surface area (Å²) in [5.41, 5.74) is 6.57. The van der Waals surface area contributed by atoms with Gasteiger partial charge in [-0.2, -0.15) is 0 Å². The molecule has 0 saturated carbocycles. The van der Waals surface area contributed by atoms with Crippen LogP contribution in [0.5, 0.6) is 0 Å². The zero-order chi connectivity index (χ0) is 13.8. The smallest absolute Gasteiger partial charge is 0.234 e. The van der Waals surface area contributed by atoms with Crippen LogP contribution in [0.25, 0.3) is 0 Å². The first-order valence-electron chi connectivity index (χ1n) is 6.65. The second-order valence-corrected chi connectivity index (χ2v) is 5.27. The highest BCUT2D eigenvalue weighted by atomic mass is 35.5. The quantitative estimate of drug-likeness (QED) is 0.914. The Bertz CT molecular complexity index is 444.